The Kier molecular flexibility index (Phi) is 6.06. The van der Waals surface area contributed by atoms with Crippen LogP contribution >= 0.6 is 0 Å². The lowest BCUT2D eigenvalue weighted by Crippen LogP contribution is -2.22. The van der Waals surface area contributed by atoms with E-state index in [0.29, 0.717) is 12.5 Å². The minimum Gasteiger partial charge on any atom is -0.381 e. The summed E-state index contributed by atoms with van der Waals surface area (Å²) in [5.41, 5.74) is 5.03. The maximum absolute atomic E-state index is 12.1. The summed E-state index contributed by atoms with van der Waals surface area (Å²) in [4.78, 5) is 17.1. The van der Waals surface area contributed by atoms with Gasteiger partial charge in [-0.2, -0.15) is 0 Å². The summed E-state index contributed by atoms with van der Waals surface area (Å²) in [7, 11) is 1.80. The van der Waals surface area contributed by atoms with Gasteiger partial charge in [-0.15, -0.1) is 0 Å². The van der Waals surface area contributed by atoms with Crippen LogP contribution in [-0.2, 0) is 23.1 Å². The summed E-state index contributed by atoms with van der Waals surface area (Å²) in [6.07, 6.45) is 4.01. The molecule has 3 aromatic rings. The molecule has 3 heterocycles. The lowest BCUT2D eigenvalue weighted by Gasteiger charge is -2.24. The zero-order valence-electron chi connectivity index (χ0n) is 18.4. The van der Waals surface area contributed by atoms with Crippen LogP contribution in [0.15, 0.2) is 35.3 Å². The van der Waals surface area contributed by atoms with E-state index in [4.69, 9.17) is 14.5 Å². The molecule has 0 spiro atoms. The van der Waals surface area contributed by atoms with Crippen molar-refractivity contribution in [3.63, 3.8) is 0 Å². The predicted molar refractivity (Wildman–Crippen MR) is 119 cm³/mol. The number of pyridine rings is 1. The van der Waals surface area contributed by atoms with E-state index >= 15 is 0 Å². The molecule has 0 saturated carbocycles. The molecule has 1 saturated heterocycles. The highest BCUT2D eigenvalue weighted by molar-refractivity contribution is 5.82. The van der Waals surface area contributed by atoms with Crippen molar-refractivity contribution in [2.45, 2.75) is 52.2 Å². The van der Waals surface area contributed by atoms with Crippen molar-refractivity contribution in [1.82, 2.24) is 14.1 Å². The van der Waals surface area contributed by atoms with Gasteiger partial charge >= 0.3 is 0 Å². The molecule has 0 aliphatic carbocycles. The second-order valence-corrected chi connectivity index (χ2v) is 8.26. The van der Waals surface area contributed by atoms with E-state index in [1.165, 1.54) is 0 Å². The van der Waals surface area contributed by atoms with Crippen molar-refractivity contribution in [3.05, 3.63) is 52.2 Å². The minimum atomic E-state index is 0.0391. The molecule has 6 nitrogen and oxygen atoms in total. The van der Waals surface area contributed by atoms with Crippen LogP contribution in [0.3, 0.4) is 0 Å². The fraction of sp³-hybridized carbons (Fsp3) is 0.500. The molecule has 30 heavy (non-hydrogen) atoms. The molecule has 4 rings (SSSR count). The van der Waals surface area contributed by atoms with Gasteiger partial charge in [0.1, 0.15) is 5.82 Å². The average molecular weight is 410 g/mol. The first-order chi connectivity index (χ1) is 14.5. The normalized spacial score (nSPS) is 16.3. The zero-order chi connectivity index (χ0) is 21.3. The third-order valence-electron chi connectivity index (χ3n) is 5.95. The Morgan fingerprint density at radius 1 is 1.23 bits per heavy atom. The van der Waals surface area contributed by atoms with Crippen LogP contribution in [0.25, 0.3) is 22.2 Å². The van der Waals surface area contributed by atoms with E-state index in [1.54, 1.807) is 11.6 Å². The Balaban J connectivity index is 1.82. The topological polar surface area (TPSA) is 58.3 Å². The number of hydrogen-bond acceptors (Lipinski definition) is 4. The van der Waals surface area contributed by atoms with Crippen LogP contribution in [0, 0.1) is 6.92 Å². The van der Waals surface area contributed by atoms with Gasteiger partial charge in [-0.3, -0.25) is 4.79 Å². The Morgan fingerprint density at radius 2 is 2.00 bits per heavy atom. The summed E-state index contributed by atoms with van der Waals surface area (Å²) in [6.45, 7) is 9.05. The molecule has 1 fully saturated rings. The number of fused-ring (bicyclic) bond motifs is 1. The highest BCUT2D eigenvalue weighted by atomic mass is 16.5. The number of benzene rings is 1. The number of ether oxygens (including phenoxy) is 2. The van der Waals surface area contributed by atoms with Gasteiger partial charge in [-0.1, -0.05) is 6.07 Å². The quantitative estimate of drug-likeness (QED) is 0.617. The number of rotatable bonds is 6. The summed E-state index contributed by atoms with van der Waals surface area (Å²) < 4.78 is 15.4. The molecule has 0 N–H and O–H groups in total. The zero-order valence-corrected chi connectivity index (χ0v) is 18.4. The van der Waals surface area contributed by atoms with Gasteiger partial charge in [0, 0.05) is 44.5 Å². The van der Waals surface area contributed by atoms with E-state index in [-0.39, 0.29) is 11.7 Å². The average Bonchev–Trinajstić information content (AvgIpc) is 3.10. The van der Waals surface area contributed by atoms with E-state index in [1.807, 2.05) is 26.1 Å². The highest BCUT2D eigenvalue weighted by Gasteiger charge is 2.24. The summed E-state index contributed by atoms with van der Waals surface area (Å²) in [6, 6.07) is 8.35. The van der Waals surface area contributed by atoms with Crippen LogP contribution in [-0.4, -0.2) is 40.0 Å². The van der Waals surface area contributed by atoms with E-state index in [9.17, 15) is 4.79 Å². The molecule has 1 aliphatic rings. The highest BCUT2D eigenvalue weighted by Crippen LogP contribution is 2.32. The number of nitrogens with zero attached hydrogens (tertiary/aromatic N) is 3. The van der Waals surface area contributed by atoms with Gasteiger partial charge in [-0.25, -0.2) is 4.98 Å². The number of hydrogen-bond donors (Lipinski definition) is 0. The van der Waals surface area contributed by atoms with E-state index in [0.717, 1.165) is 66.1 Å². The van der Waals surface area contributed by atoms with Crippen molar-refractivity contribution >= 4 is 11.0 Å². The van der Waals surface area contributed by atoms with Crippen LogP contribution in [0.5, 0.6) is 0 Å². The van der Waals surface area contributed by atoms with Crippen molar-refractivity contribution in [1.29, 1.82) is 0 Å². The van der Waals surface area contributed by atoms with Crippen LogP contribution in [0.1, 0.15) is 44.0 Å². The summed E-state index contributed by atoms with van der Waals surface area (Å²) >= 11 is 0. The molecule has 1 aromatic carbocycles. The van der Waals surface area contributed by atoms with Crippen molar-refractivity contribution in [2.24, 2.45) is 7.05 Å². The van der Waals surface area contributed by atoms with E-state index in [2.05, 4.69) is 29.7 Å². The molecular weight excluding hydrogens is 378 g/mol. The SMILES string of the molecule is CCO[C@@H](C)Cn1c(C2CCOCC2)nc2ccc(-c3cc(C)c(=O)n(C)c3)cc21. The van der Waals surface area contributed by atoms with Gasteiger partial charge in [0.25, 0.3) is 5.56 Å². The fourth-order valence-electron chi connectivity index (χ4n) is 4.41. The first-order valence-electron chi connectivity index (χ1n) is 10.8. The standard InChI is InChI=1S/C24H31N3O3/c1-5-30-17(3)14-27-22-13-19(20-12-16(2)24(28)26(4)15-20)6-7-21(22)25-23(27)18-8-10-29-11-9-18/h6-7,12-13,15,17-18H,5,8-11,14H2,1-4H3/t17-/m0/s1. The Morgan fingerprint density at radius 3 is 2.70 bits per heavy atom. The van der Waals surface area contributed by atoms with Crippen molar-refractivity contribution in [3.8, 4) is 11.1 Å². The lowest BCUT2D eigenvalue weighted by atomic mass is 9.99. The maximum atomic E-state index is 12.1. The Hall–Kier alpha value is -2.44. The van der Waals surface area contributed by atoms with Crippen LogP contribution in [0.4, 0.5) is 0 Å². The third-order valence-corrected chi connectivity index (χ3v) is 5.95. The largest absolute Gasteiger partial charge is 0.381 e. The van der Waals surface area contributed by atoms with Crippen LogP contribution < -0.4 is 5.56 Å². The first kappa shape index (κ1) is 20.8. The molecular formula is C24H31N3O3. The number of aryl methyl sites for hydroxylation is 2. The smallest absolute Gasteiger partial charge is 0.253 e. The number of imidazole rings is 1. The van der Waals surface area contributed by atoms with Gasteiger partial charge in [0.15, 0.2) is 0 Å². The van der Waals surface area contributed by atoms with Gasteiger partial charge in [0.2, 0.25) is 0 Å². The van der Waals surface area contributed by atoms with Gasteiger partial charge in [-0.05, 0) is 62.9 Å². The molecule has 6 heteroatoms. The molecule has 0 bridgehead atoms. The molecule has 1 atom stereocenters. The second kappa shape index (κ2) is 8.74. The van der Waals surface area contributed by atoms with Gasteiger partial charge in [0.05, 0.1) is 23.7 Å². The predicted octanol–water partition coefficient (Wildman–Crippen LogP) is 4.03. The van der Waals surface area contributed by atoms with E-state index < -0.39 is 0 Å². The van der Waals surface area contributed by atoms with Gasteiger partial charge < -0.3 is 18.6 Å². The lowest BCUT2D eigenvalue weighted by molar-refractivity contribution is 0.0613. The summed E-state index contributed by atoms with van der Waals surface area (Å²) in [5, 5.41) is 0. The molecule has 0 unspecified atom stereocenters. The fourth-order valence-corrected chi connectivity index (χ4v) is 4.41. The summed E-state index contributed by atoms with van der Waals surface area (Å²) in [5.74, 6) is 1.54. The van der Waals surface area contributed by atoms with Crippen molar-refractivity contribution in [2.75, 3.05) is 19.8 Å². The first-order valence-corrected chi connectivity index (χ1v) is 10.8. The van der Waals surface area contributed by atoms with Crippen LogP contribution in [0.2, 0.25) is 0 Å². The number of aromatic nitrogens is 3. The molecule has 2 aromatic heterocycles. The minimum absolute atomic E-state index is 0.0391. The molecule has 0 radical (unpaired) electrons. The van der Waals surface area contributed by atoms with Crippen molar-refractivity contribution < 1.29 is 9.47 Å². The Labute approximate surface area is 177 Å². The third kappa shape index (κ3) is 4.07. The molecule has 1 aliphatic heterocycles. The second-order valence-electron chi connectivity index (χ2n) is 8.26. The molecule has 0 amide bonds. The maximum Gasteiger partial charge on any atom is 0.253 e. The monoisotopic (exact) mass is 409 g/mol. The molecule has 160 valence electrons. The Bertz CT molecular complexity index is 1070.